The third-order valence-electron chi connectivity index (χ3n) is 5.04. The lowest BCUT2D eigenvalue weighted by Gasteiger charge is -2.09. The van der Waals surface area contributed by atoms with Crippen molar-refractivity contribution in [3.8, 4) is 23.0 Å². The van der Waals surface area contributed by atoms with Crippen molar-refractivity contribution in [1.29, 1.82) is 5.26 Å². The van der Waals surface area contributed by atoms with Crippen LogP contribution in [0.15, 0.2) is 72.4 Å². The molecule has 2 heterocycles. The molecule has 4 rings (SSSR count). The Bertz CT molecular complexity index is 1270. The minimum Gasteiger partial charge on any atom is -0.348 e. The van der Waals surface area contributed by atoms with Gasteiger partial charge in [0.05, 0.1) is 22.9 Å². The highest BCUT2D eigenvalue weighted by molar-refractivity contribution is 7.91. The van der Waals surface area contributed by atoms with Gasteiger partial charge in [-0.2, -0.15) is 10.4 Å². The van der Waals surface area contributed by atoms with Gasteiger partial charge in [-0.05, 0) is 24.6 Å². The van der Waals surface area contributed by atoms with Gasteiger partial charge in [0.1, 0.15) is 11.6 Å². The molecule has 0 saturated carbocycles. The van der Waals surface area contributed by atoms with Crippen LogP contribution in [0.1, 0.15) is 12.0 Å². The van der Waals surface area contributed by atoms with Gasteiger partial charge >= 0.3 is 0 Å². The monoisotopic (exact) mass is 432 g/mol. The van der Waals surface area contributed by atoms with E-state index in [4.69, 9.17) is 0 Å². The Morgan fingerprint density at radius 3 is 2.42 bits per heavy atom. The van der Waals surface area contributed by atoms with Crippen molar-refractivity contribution in [2.75, 3.05) is 11.5 Å². The summed E-state index contributed by atoms with van der Waals surface area (Å²) in [5.74, 6) is -0.638. The largest absolute Gasteiger partial charge is 0.348 e. The van der Waals surface area contributed by atoms with Gasteiger partial charge in [-0.1, -0.05) is 48.5 Å². The van der Waals surface area contributed by atoms with E-state index in [1.54, 1.807) is 10.9 Å². The van der Waals surface area contributed by atoms with Crippen LogP contribution in [-0.4, -0.2) is 41.7 Å². The molecule has 1 aliphatic rings. The van der Waals surface area contributed by atoms with E-state index in [0.717, 1.165) is 11.3 Å². The number of nitrogens with zero attached hydrogens (tertiary/aromatic N) is 3. The third-order valence-corrected chi connectivity index (χ3v) is 6.81. The highest BCUT2D eigenvalue weighted by Gasteiger charge is 2.29. The van der Waals surface area contributed by atoms with Crippen molar-refractivity contribution in [1.82, 2.24) is 15.1 Å². The highest BCUT2D eigenvalue weighted by Crippen LogP contribution is 2.25. The van der Waals surface area contributed by atoms with Crippen LogP contribution in [0.5, 0.6) is 0 Å². The zero-order valence-corrected chi connectivity index (χ0v) is 17.4. The van der Waals surface area contributed by atoms with Crippen LogP contribution in [0.25, 0.3) is 23.0 Å². The molecule has 7 nitrogen and oxygen atoms in total. The molecule has 0 bridgehead atoms. The Hall–Kier alpha value is -3.70. The van der Waals surface area contributed by atoms with Crippen LogP contribution in [0.4, 0.5) is 0 Å². The molecule has 3 aromatic rings. The van der Waals surface area contributed by atoms with Crippen LogP contribution in [0.2, 0.25) is 0 Å². The SMILES string of the molecule is N#C/C(=C\c1cn(-c2ccccc2)nc1-c1ccccc1)C(=O)NC1CCS(=O)(=O)C1. The van der Waals surface area contributed by atoms with Crippen LogP contribution in [0, 0.1) is 11.3 Å². The van der Waals surface area contributed by atoms with Gasteiger partial charge in [0.2, 0.25) is 0 Å². The number of amides is 1. The topological polar surface area (TPSA) is 105 Å². The molecular formula is C23H20N4O3S. The van der Waals surface area contributed by atoms with Gasteiger partial charge in [-0.3, -0.25) is 4.79 Å². The lowest BCUT2D eigenvalue weighted by Crippen LogP contribution is -2.36. The average molecular weight is 433 g/mol. The van der Waals surface area contributed by atoms with Gasteiger partial charge in [0.15, 0.2) is 9.84 Å². The van der Waals surface area contributed by atoms with Crippen molar-refractivity contribution in [3.05, 3.63) is 78.0 Å². The number of nitrogens with one attached hydrogen (secondary N) is 1. The van der Waals surface area contributed by atoms with Gasteiger partial charge in [-0.15, -0.1) is 0 Å². The zero-order valence-electron chi connectivity index (χ0n) is 16.6. The molecule has 0 aliphatic carbocycles. The van der Waals surface area contributed by atoms with Crippen LogP contribution >= 0.6 is 0 Å². The first-order valence-corrected chi connectivity index (χ1v) is 11.6. The summed E-state index contributed by atoms with van der Waals surface area (Å²) < 4.78 is 25.0. The molecule has 0 radical (unpaired) electrons. The number of carbonyl (C=O) groups is 1. The Morgan fingerprint density at radius 2 is 1.81 bits per heavy atom. The fourth-order valence-corrected chi connectivity index (χ4v) is 5.18. The third kappa shape index (κ3) is 4.73. The molecule has 1 fully saturated rings. The van der Waals surface area contributed by atoms with E-state index < -0.39 is 21.8 Å². The average Bonchev–Trinajstić information content (AvgIpc) is 3.35. The quantitative estimate of drug-likeness (QED) is 0.493. The lowest BCUT2D eigenvalue weighted by atomic mass is 10.1. The summed E-state index contributed by atoms with van der Waals surface area (Å²) in [7, 11) is -3.13. The highest BCUT2D eigenvalue weighted by atomic mass is 32.2. The van der Waals surface area contributed by atoms with Gasteiger partial charge in [-0.25, -0.2) is 13.1 Å². The lowest BCUT2D eigenvalue weighted by molar-refractivity contribution is -0.117. The predicted octanol–water partition coefficient (Wildman–Crippen LogP) is 2.75. The second-order valence-electron chi connectivity index (χ2n) is 7.32. The number of hydrogen-bond acceptors (Lipinski definition) is 5. The molecule has 1 aromatic heterocycles. The summed E-state index contributed by atoms with van der Waals surface area (Å²) in [5.41, 5.74) is 2.84. The summed E-state index contributed by atoms with van der Waals surface area (Å²) in [6.45, 7) is 0. The molecular weight excluding hydrogens is 412 g/mol. The number of hydrogen-bond donors (Lipinski definition) is 1. The number of nitriles is 1. The van der Waals surface area contributed by atoms with Crippen LogP contribution < -0.4 is 5.32 Å². The van der Waals surface area contributed by atoms with E-state index in [2.05, 4.69) is 10.4 Å². The molecule has 1 N–H and O–H groups in total. The second kappa shape index (κ2) is 8.58. The normalized spacial score (nSPS) is 17.8. The minimum atomic E-state index is -3.13. The summed E-state index contributed by atoms with van der Waals surface area (Å²) >= 11 is 0. The Kier molecular flexibility index (Phi) is 5.69. The van der Waals surface area contributed by atoms with Crippen molar-refractivity contribution < 1.29 is 13.2 Å². The maximum Gasteiger partial charge on any atom is 0.262 e. The standard InChI is InChI=1S/C23H20N4O3S/c24-14-18(23(28)25-20-11-12-31(29,30)16-20)13-19-15-27(21-9-5-2-6-10-21)26-22(19)17-7-3-1-4-8-17/h1-10,13,15,20H,11-12,16H2,(H,25,28)/b18-13+. The molecule has 156 valence electrons. The first-order valence-electron chi connectivity index (χ1n) is 9.79. The van der Waals surface area contributed by atoms with Crippen LogP contribution in [-0.2, 0) is 14.6 Å². The summed E-state index contributed by atoms with van der Waals surface area (Å²) in [5, 5.41) is 16.9. The Balaban J connectivity index is 1.69. The molecule has 1 saturated heterocycles. The molecule has 1 amide bonds. The molecule has 0 spiro atoms. The number of carbonyl (C=O) groups excluding carboxylic acids is 1. The van der Waals surface area contributed by atoms with E-state index in [9.17, 15) is 18.5 Å². The van der Waals surface area contributed by atoms with E-state index in [0.29, 0.717) is 17.7 Å². The number of para-hydroxylation sites is 1. The van der Waals surface area contributed by atoms with Crippen molar-refractivity contribution in [2.24, 2.45) is 0 Å². The number of rotatable bonds is 5. The maximum atomic E-state index is 12.6. The summed E-state index contributed by atoms with van der Waals surface area (Å²) in [6, 6.07) is 20.5. The second-order valence-corrected chi connectivity index (χ2v) is 9.55. The van der Waals surface area contributed by atoms with Crippen molar-refractivity contribution in [3.63, 3.8) is 0 Å². The number of benzene rings is 2. The molecule has 1 unspecified atom stereocenters. The van der Waals surface area contributed by atoms with Gasteiger partial charge in [0.25, 0.3) is 5.91 Å². The first kappa shape index (κ1) is 20.6. The molecule has 2 aromatic carbocycles. The molecule has 1 aliphatic heterocycles. The Morgan fingerprint density at radius 1 is 1.13 bits per heavy atom. The predicted molar refractivity (Wildman–Crippen MR) is 118 cm³/mol. The smallest absolute Gasteiger partial charge is 0.262 e. The van der Waals surface area contributed by atoms with Gasteiger partial charge in [0, 0.05) is 23.4 Å². The maximum absolute atomic E-state index is 12.6. The number of sulfone groups is 1. The van der Waals surface area contributed by atoms with Gasteiger partial charge < -0.3 is 5.32 Å². The zero-order chi connectivity index (χ0) is 21.8. The molecule has 8 heteroatoms. The fraction of sp³-hybridized carbons (Fsp3) is 0.174. The number of aromatic nitrogens is 2. The van der Waals surface area contributed by atoms with Crippen molar-refractivity contribution in [2.45, 2.75) is 12.5 Å². The van der Waals surface area contributed by atoms with E-state index >= 15 is 0 Å². The summed E-state index contributed by atoms with van der Waals surface area (Å²) in [6.07, 6.45) is 3.61. The molecule has 1 atom stereocenters. The minimum absolute atomic E-state index is 0.0472. The fourth-order valence-electron chi connectivity index (χ4n) is 3.50. The van der Waals surface area contributed by atoms with Crippen molar-refractivity contribution >= 4 is 21.8 Å². The Labute approximate surface area is 180 Å². The first-order chi connectivity index (χ1) is 14.9. The van der Waals surface area contributed by atoms with Crippen LogP contribution in [0.3, 0.4) is 0 Å². The van der Waals surface area contributed by atoms with E-state index in [1.165, 1.54) is 6.08 Å². The van der Waals surface area contributed by atoms with E-state index in [1.807, 2.05) is 66.7 Å². The molecule has 31 heavy (non-hydrogen) atoms. The van der Waals surface area contributed by atoms with E-state index in [-0.39, 0.29) is 17.1 Å². The summed E-state index contributed by atoms with van der Waals surface area (Å²) in [4.78, 5) is 12.6.